The maximum Gasteiger partial charge on any atom is 0.313 e. The molecule has 0 radical (unpaired) electrons. The van der Waals surface area contributed by atoms with Gasteiger partial charge in [0, 0.05) is 11.8 Å². The van der Waals surface area contributed by atoms with Crippen LogP contribution in [0, 0.1) is 0 Å². The van der Waals surface area contributed by atoms with Crippen molar-refractivity contribution in [3.8, 4) is 0 Å². The van der Waals surface area contributed by atoms with Gasteiger partial charge in [-0.05, 0) is 31.5 Å². The van der Waals surface area contributed by atoms with Crippen LogP contribution < -0.4 is 0 Å². The van der Waals surface area contributed by atoms with Gasteiger partial charge in [0.1, 0.15) is 0 Å². The van der Waals surface area contributed by atoms with Crippen LogP contribution in [0.5, 0.6) is 0 Å². The lowest BCUT2D eigenvalue weighted by molar-refractivity contribution is -0.142. The number of ketones is 1. The van der Waals surface area contributed by atoms with Crippen LogP contribution in [-0.4, -0.2) is 21.8 Å². The number of aliphatic carboxylic acids is 1. The SMILES string of the molecule is CC(C)(C(=O)O)c1ccc(C(=O)c2ccc[nH]2)cc1. The molecule has 1 aromatic carbocycles. The van der Waals surface area contributed by atoms with Gasteiger partial charge in [0.15, 0.2) is 0 Å². The molecule has 4 nitrogen and oxygen atoms in total. The molecule has 2 rings (SSSR count). The van der Waals surface area contributed by atoms with Gasteiger partial charge in [-0.1, -0.05) is 24.3 Å². The number of benzene rings is 1. The third-order valence-corrected chi connectivity index (χ3v) is 3.25. The monoisotopic (exact) mass is 257 g/mol. The maximum atomic E-state index is 12.1. The second-order valence-electron chi connectivity index (χ2n) is 4.92. The molecule has 0 saturated heterocycles. The third-order valence-electron chi connectivity index (χ3n) is 3.25. The minimum atomic E-state index is -0.964. The van der Waals surface area contributed by atoms with Crippen LogP contribution >= 0.6 is 0 Å². The summed E-state index contributed by atoms with van der Waals surface area (Å²) >= 11 is 0. The Hall–Kier alpha value is -2.36. The molecule has 0 amide bonds. The minimum Gasteiger partial charge on any atom is -0.481 e. The molecule has 98 valence electrons. The number of hydrogen-bond donors (Lipinski definition) is 2. The number of H-pyrrole nitrogens is 1. The number of aromatic nitrogens is 1. The normalized spacial score (nSPS) is 11.3. The Morgan fingerprint density at radius 3 is 2.21 bits per heavy atom. The zero-order valence-corrected chi connectivity index (χ0v) is 10.8. The highest BCUT2D eigenvalue weighted by atomic mass is 16.4. The number of aromatic amines is 1. The molecule has 0 bridgehead atoms. The first kappa shape index (κ1) is 13.1. The van der Waals surface area contributed by atoms with E-state index in [1.54, 1.807) is 56.4 Å². The van der Waals surface area contributed by atoms with Crippen molar-refractivity contribution in [2.75, 3.05) is 0 Å². The van der Waals surface area contributed by atoms with Crippen molar-refractivity contribution in [3.63, 3.8) is 0 Å². The predicted molar refractivity (Wildman–Crippen MR) is 71.3 cm³/mol. The van der Waals surface area contributed by atoms with E-state index in [0.29, 0.717) is 16.8 Å². The highest BCUT2D eigenvalue weighted by Crippen LogP contribution is 2.24. The fourth-order valence-corrected chi connectivity index (χ4v) is 1.79. The van der Waals surface area contributed by atoms with E-state index >= 15 is 0 Å². The highest BCUT2D eigenvalue weighted by Gasteiger charge is 2.29. The average Bonchev–Trinajstić information content (AvgIpc) is 2.91. The van der Waals surface area contributed by atoms with E-state index in [-0.39, 0.29) is 5.78 Å². The molecule has 1 heterocycles. The van der Waals surface area contributed by atoms with Crippen molar-refractivity contribution in [3.05, 3.63) is 59.4 Å². The highest BCUT2D eigenvalue weighted by molar-refractivity contribution is 6.07. The lowest BCUT2D eigenvalue weighted by Crippen LogP contribution is -2.28. The largest absolute Gasteiger partial charge is 0.481 e. The van der Waals surface area contributed by atoms with E-state index in [0.717, 1.165) is 0 Å². The number of carboxylic acids is 1. The molecule has 0 aliphatic heterocycles. The molecule has 0 atom stereocenters. The molecule has 0 aliphatic rings. The van der Waals surface area contributed by atoms with Crippen LogP contribution in [0.3, 0.4) is 0 Å². The predicted octanol–water partition coefficient (Wildman–Crippen LogP) is 2.61. The van der Waals surface area contributed by atoms with E-state index in [2.05, 4.69) is 4.98 Å². The van der Waals surface area contributed by atoms with Crippen LogP contribution in [0.4, 0.5) is 0 Å². The van der Waals surface area contributed by atoms with Gasteiger partial charge in [-0.2, -0.15) is 0 Å². The standard InChI is InChI=1S/C15H15NO3/c1-15(2,14(18)19)11-7-5-10(6-8-11)13(17)12-4-3-9-16-12/h3-9,16H,1-2H3,(H,18,19). The molecule has 0 saturated carbocycles. The van der Waals surface area contributed by atoms with Crippen molar-refractivity contribution < 1.29 is 14.7 Å². The van der Waals surface area contributed by atoms with Crippen molar-refractivity contribution in [1.82, 2.24) is 4.98 Å². The summed E-state index contributed by atoms with van der Waals surface area (Å²) in [5, 5.41) is 9.15. The van der Waals surface area contributed by atoms with Gasteiger partial charge in [-0.25, -0.2) is 0 Å². The Kier molecular flexibility index (Phi) is 3.25. The first-order valence-corrected chi connectivity index (χ1v) is 5.95. The lowest BCUT2D eigenvalue weighted by Gasteiger charge is -2.19. The fraction of sp³-hybridized carbons (Fsp3) is 0.200. The van der Waals surface area contributed by atoms with Crippen LogP contribution in [0.25, 0.3) is 0 Å². The Morgan fingerprint density at radius 1 is 1.11 bits per heavy atom. The topological polar surface area (TPSA) is 70.2 Å². The summed E-state index contributed by atoms with van der Waals surface area (Å²) in [7, 11) is 0. The molecule has 1 aromatic heterocycles. The number of rotatable bonds is 4. The number of carbonyl (C=O) groups excluding carboxylic acids is 1. The summed E-state index contributed by atoms with van der Waals surface area (Å²) in [5.41, 5.74) is 0.759. The van der Waals surface area contributed by atoms with Crippen LogP contribution in [0.1, 0.15) is 35.5 Å². The minimum absolute atomic E-state index is 0.107. The van der Waals surface area contributed by atoms with Crippen LogP contribution in [-0.2, 0) is 10.2 Å². The zero-order chi connectivity index (χ0) is 14.0. The summed E-state index contributed by atoms with van der Waals surface area (Å²) in [6.07, 6.45) is 1.69. The number of hydrogen-bond acceptors (Lipinski definition) is 2. The second-order valence-corrected chi connectivity index (χ2v) is 4.92. The number of carboxylic acid groups (broad SMARTS) is 1. The Bertz CT molecular complexity index is 595. The van der Waals surface area contributed by atoms with Crippen LogP contribution in [0.2, 0.25) is 0 Å². The summed E-state index contributed by atoms with van der Waals surface area (Å²) in [6, 6.07) is 10.1. The van der Waals surface area contributed by atoms with Gasteiger partial charge < -0.3 is 10.1 Å². The van der Waals surface area contributed by atoms with Gasteiger partial charge in [-0.15, -0.1) is 0 Å². The lowest BCUT2D eigenvalue weighted by atomic mass is 9.84. The average molecular weight is 257 g/mol. The van der Waals surface area contributed by atoms with E-state index in [4.69, 9.17) is 5.11 Å². The quantitative estimate of drug-likeness (QED) is 0.827. The fourth-order valence-electron chi connectivity index (χ4n) is 1.79. The molecule has 19 heavy (non-hydrogen) atoms. The maximum absolute atomic E-state index is 12.1. The molecule has 0 fully saturated rings. The van der Waals surface area contributed by atoms with E-state index in [1.165, 1.54) is 0 Å². The molecule has 0 unspecified atom stereocenters. The Balaban J connectivity index is 2.29. The molecule has 4 heteroatoms. The van der Waals surface area contributed by atoms with E-state index in [1.807, 2.05) is 0 Å². The van der Waals surface area contributed by atoms with Gasteiger partial charge in [0.2, 0.25) is 5.78 Å². The second kappa shape index (κ2) is 4.72. The number of carbonyl (C=O) groups is 2. The molecule has 0 aliphatic carbocycles. The Morgan fingerprint density at radius 2 is 1.74 bits per heavy atom. The van der Waals surface area contributed by atoms with Gasteiger partial charge in [-0.3, -0.25) is 9.59 Å². The molecular weight excluding hydrogens is 242 g/mol. The summed E-state index contributed by atoms with van der Waals surface area (Å²) in [6.45, 7) is 3.27. The van der Waals surface area contributed by atoms with Crippen LogP contribution in [0.15, 0.2) is 42.6 Å². The van der Waals surface area contributed by atoms with Crippen molar-refractivity contribution in [1.29, 1.82) is 0 Å². The van der Waals surface area contributed by atoms with Gasteiger partial charge in [0.05, 0.1) is 11.1 Å². The summed E-state index contributed by atoms with van der Waals surface area (Å²) < 4.78 is 0. The van der Waals surface area contributed by atoms with Gasteiger partial charge >= 0.3 is 5.97 Å². The summed E-state index contributed by atoms with van der Waals surface area (Å²) in [5.74, 6) is -0.999. The van der Waals surface area contributed by atoms with Crippen molar-refractivity contribution in [2.24, 2.45) is 0 Å². The first-order chi connectivity index (χ1) is 8.93. The molecule has 0 spiro atoms. The summed E-state index contributed by atoms with van der Waals surface area (Å²) in [4.78, 5) is 26.1. The van der Waals surface area contributed by atoms with Gasteiger partial charge in [0.25, 0.3) is 0 Å². The van der Waals surface area contributed by atoms with E-state index in [9.17, 15) is 9.59 Å². The zero-order valence-electron chi connectivity index (χ0n) is 10.8. The molecule has 2 N–H and O–H groups in total. The van der Waals surface area contributed by atoms with Crippen molar-refractivity contribution in [2.45, 2.75) is 19.3 Å². The first-order valence-electron chi connectivity index (χ1n) is 5.95. The Labute approximate surface area is 111 Å². The molecular formula is C15H15NO3. The smallest absolute Gasteiger partial charge is 0.313 e. The number of nitrogens with one attached hydrogen (secondary N) is 1. The van der Waals surface area contributed by atoms with Crippen molar-refractivity contribution >= 4 is 11.8 Å². The third kappa shape index (κ3) is 2.42. The molecule has 2 aromatic rings. The van der Waals surface area contributed by atoms with E-state index < -0.39 is 11.4 Å².